The number of carbonyl (C=O) groups is 1. The first-order chi connectivity index (χ1) is 12.5. The molecule has 0 saturated heterocycles. The minimum atomic E-state index is -0.434. The van der Waals surface area contributed by atoms with E-state index in [9.17, 15) is 10.1 Å². The first-order valence-corrected chi connectivity index (χ1v) is 8.39. The SMILES string of the molecule is CCOc1ccc(/C=C(\C#N)C(=O)n2nc(C)cc2C)c2ccccc12. The van der Waals surface area contributed by atoms with Crippen molar-refractivity contribution in [1.82, 2.24) is 9.78 Å². The van der Waals surface area contributed by atoms with Gasteiger partial charge >= 0.3 is 0 Å². The van der Waals surface area contributed by atoms with Gasteiger partial charge in [0.15, 0.2) is 0 Å². The zero-order valence-electron chi connectivity index (χ0n) is 15.0. The number of ether oxygens (including phenoxy) is 1. The van der Waals surface area contributed by atoms with Crippen LogP contribution in [0.1, 0.15) is 28.7 Å². The molecule has 26 heavy (non-hydrogen) atoms. The van der Waals surface area contributed by atoms with Gasteiger partial charge in [-0.3, -0.25) is 4.79 Å². The third-order valence-corrected chi connectivity index (χ3v) is 4.07. The first kappa shape index (κ1) is 17.4. The van der Waals surface area contributed by atoms with Gasteiger partial charge in [0, 0.05) is 11.1 Å². The lowest BCUT2D eigenvalue weighted by atomic mass is 10.0. The molecule has 2 aromatic carbocycles. The molecule has 0 atom stereocenters. The molecule has 130 valence electrons. The monoisotopic (exact) mass is 345 g/mol. The van der Waals surface area contributed by atoms with Crippen LogP contribution in [0.5, 0.6) is 5.75 Å². The molecule has 1 aromatic heterocycles. The Labute approximate surface area is 152 Å². The smallest absolute Gasteiger partial charge is 0.289 e. The van der Waals surface area contributed by atoms with E-state index < -0.39 is 5.91 Å². The lowest BCUT2D eigenvalue weighted by Gasteiger charge is -2.10. The Bertz CT molecular complexity index is 1050. The summed E-state index contributed by atoms with van der Waals surface area (Å²) in [5, 5.41) is 15.6. The molecule has 0 N–H and O–H groups in total. The molecule has 0 radical (unpaired) electrons. The molecule has 3 aromatic rings. The second kappa shape index (κ2) is 7.24. The maximum atomic E-state index is 12.7. The number of aromatic nitrogens is 2. The van der Waals surface area contributed by atoms with Crippen LogP contribution >= 0.6 is 0 Å². The lowest BCUT2D eigenvalue weighted by molar-refractivity contribution is 0.0944. The summed E-state index contributed by atoms with van der Waals surface area (Å²) in [4.78, 5) is 12.7. The normalized spacial score (nSPS) is 11.4. The summed E-state index contributed by atoms with van der Waals surface area (Å²) in [5.41, 5.74) is 2.26. The van der Waals surface area contributed by atoms with Crippen molar-refractivity contribution in [2.45, 2.75) is 20.8 Å². The van der Waals surface area contributed by atoms with Crippen molar-refractivity contribution in [1.29, 1.82) is 5.26 Å². The van der Waals surface area contributed by atoms with Gasteiger partial charge in [-0.1, -0.05) is 30.3 Å². The highest BCUT2D eigenvalue weighted by Gasteiger charge is 2.16. The number of carbonyl (C=O) groups excluding carboxylic acids is 1. The van der Waals surface area contributed by atoms with E-state index in [1.54, 1.807) is 19.1 Å². The van der Waals surface area contributed by atoms with Gasteiger partial charge in [0.25, 0.3) is 5.91 Å². The van der Waals surface area contributed by atoms with Gasteiger partial charge in [0.05, 0.1) is 12.3 Å². The number of fused-ring (bicyclic) bond motifs is 1. The summed E-state index contributed by atoms with van der Waals surface area (Å²) in [6, 6.07) is 15.3. The fourth-order valence-electron chi connectivity index (χ4n) is 2.95. The molecule has 0 aliphatic carbocycles. The molecule has 0 unspecified atom stereocenters. The maximum Gasteiger partial charge on any atom is 0.289 e. The summed E-state index contributed by atoms with van der Waals surface area (Å²) in [6.07, 6.45) is 1.61. The Balaban J connectivity index is 2.11. The standard InChI is InChI=1S/C21H19N3O2/c1-4-26-20-10-9-16(18-7-5-6-8-19(18)20)12-17(13-22)21(25)24-15(3)11-14(2)23-24/h5-12H,4H2,1-3H3/b17-12+. The van der Waals surface area contributed by atoms with Crippen LogP contribution in [0.3, 0.4) is 0 Å². The number of nitrogens with zero attached hydrogens (tertiary/aromatic N) is 3. The van der Waals surface area contributed by atoms with E-state index in [0.717, 1.165) is 27.8 Å². The molecule has 0 aliphatic heterocycles. The number of allylic oxidation sites excluding steroid dienone is 1. The zero-order valence-corrected chi connectivity index (χ0v) is 15.0. The van der Waals surface area contributed by atoms with Crippen molar-refractivity contribution >= 4 is 22.8 Å². The number of nitriles is 1. The Kier molecular flexibility index (Phi) is 4.85. The van der Waals surface area contributed by atoms with Crippen LogP contribution in [0, 0.1) is 25.2 Å². The quantitative estimate of drug-likeness (QED) is 0.522. The topological polar surface area (TPSA) is 67.9 Å². The van der Waals surface area contributed by atoms with E-state index in [1.165, 1.54) is 4.68 Å². The Morgan fingerprint density at radius 2 is 1.96 bits per heavy atom. The predicted octanol–water partition coefficient (Wildman–Crippen LogP) is 4.30. The largest absolute Gasteiger partial charge is 0.493 e. The molecule has 0 aliphatic rings. The fraction of sp³-hybridized carbons (Fsp3) is 0.190. The van der Waals surface area contributed by atoms with E-state index in [0.29, 0.717) is 12.3 Å². The van der Waals surface area contributed by atoms with E-state index in [-0.39, 0.29) is 5.57 Å². The molecule has 3 rings (SSSR count). The number of hydrogen-bond acceptors (Lipinski definition) is 4. The average molecular weight is 345 g/mol. The number of aryl methyl sites for hydroxylation is 2. The summed E-state index contributed by atoms with van der Waals surface area (Å²) in [6.45, 7) is 6.11. The van der Waals surface area contributed by atoms with Gasteiger partial charge in [-0.15, -0.1) is 0 Å². The fourth-order valence-corrected chi connectivity index (χ4v) is 2.95. The molecule has 1 heterocycles. The van der Waals surface area contributed by atoms with Gasteiger partial charge in [0.1, 0.15) is 17.4 Å². The van der Waals surface area contributed by atoms with Gasteiger partial charge in [0.2, 0.25) is 0 Å². The Morgan fingerprint density at radius 1 is 1.23 bits per heavy atom. The van der Waals surface area contributed by atoms with Crippen LogP contribution in [0.4, 0.5) is 0 Å². The van der Waals surface area contributed by atoms with Crippen LogP contribution in [-0.4, -0.2) is 22.3 Å². The molecule has 0 fully saturated rings. The summed E-state index contributed by atoms with van der Waals surface area (Å²) < 4.78 is 6.94. The van der Waals surface area contributed by atoms with Gasteiger partial charge < -0.3 is 4.74 Å². The van der Waals surface area contributed by atoms with E-state index in [1.807, 2.05) is 56.3 Å². The highest BCUT2D eigenvalue weighted by Crippen LogP contribution is 2.30. The Morgan fingerprint density at radius 3 is 2.58 bits per heavy atom. The van der Waals surface area contributed by atoms with Crippen LogP contribution in [0.2, 0.25) is 0 Å². The van der Waals surface area contributed by atoms with Gasteiger partial charge in [-0.2, -0.15) is 10.4 Å². The highest BCUT2D eigenvalue weighted by molar-refractivity contribution is 6.05. The van der Waals surface area contributed by atoms with E-state index in [2.05, 4.69) is 5.10 Å². The van der Waals surface area contributed by atoms with Crippen molar-refractivity contribution in [3.8, 4) is 11.8 Å². The molecule has 0 spiro atoms. The van der Waals surface area contributed by atoms with Crippen molar-refractivity contribution in [2.75, 3.05) is 6.61 Å². The Hall–Kier alpha value is -3.39. The van der Waals surface area contributed by atoms with Gasteiger partial charge in [-0.25, -0.2) is 4.68 Å². The van der Waals surface area contributed by atoms with E-state index in [4.69, 9.17) is 4.74 Å². The van der Waals surface area contributed by atoms with Crippen LogP contribution in [0.15, 0.2) is 48.0 Å². The predicted molar refractivity (Wildman–Crippen MR) is 101 cm³/mol. The molecule has 0 saturated carbocycles. The minimum absolute atomic E-state index is 0.0329. The minimum Gasteiger partial charge on any atom is -0.493 e. The third-order valence-electron chi connectivity index (χ3n) is 4.07. The molecule has 5 heteroatoms. The summed E-state index contributed by atoms with van der Waals surface area (Å²) in [5.74, 6) is 0.347. The molecular formula is C21H19N3O2. The van der Waals surface area contributed by atoms with Crippen molar-refractivity contribution < 1.29 is 9.53 Å². The molecular weight excluding hydrogens is 326 g/mol. The van der Waals surface area contributed by atoms with Crippen molar-refractivity contribution in [3.05, 3.63) is 65.0 Å². The zero-order chi connectivity index (χ0) is 18.7. The highest BCUT2D eigenvalue weighted by atomic mass is 16.5. The number of rotatable bonds is 4. The van der Waals surface area contributed by atoms with Crippen LogP contribution < -0.4 is 4.74 Å². The summed E-state index contributed by atoms with van der Waals surface area (Å²) >= 11 is 0. The number of hydrogen-bond donors (Lipinski definition) is 0. The van der Waals surface area contributed by atoms with Gasteiger partial charge in [-0.05, 0) is 49.9 Å². The summed E-state index contributed by atoms with van der Waals surface area (Å²) in [7, 11) is 0. The molecule has 5 nitrogen and oxygen atoms in total. The second-order valence-electron chi connectivity index (χ2n) is 5.95. The molecule has 0 amide bonds. The first-order valence-electron chi connectivity index (χ1n) is 8.39. The van der Waals surface area contributed by atoms with Crippen molar-refractivity contribution in [3.63, 3.8) is 0 Å². The average Bonchev–Trinajstić information content (AvgIpc) is 2.99. The second-order valence-corrected chi connectivity index (χ2v) is 5.95. The van der Waals surface area contributed by atoms with Crippen molar-refractivity contribution in [2.24, 2.45) is 0 Å². The van der Waals surface area contributed by atoms with Crippen LogP contribution in [-0.2, 0) is 0 Å². The third kappa shape index (κ3) is 3.22. The van der Waals surface area contributed by atoms with E-state index >= 15 is 0 Å². The lowest BCUT2D eigenvalue weighted by Crippen LogP contribution is -2.15. The number of benzene rings is 2. The maximum absolute atomic E-state index is 12.7. The molecule has 0 bridgehead atoms. The van der Waals surface area contributed by atoms with Crippen LogP contribution in [0.25, 0.3) is 16.8 Å².